The van der Waals surface area contributed by atoms with Crippen LogP contribution in [0.4, 0.5) is 0 Å². The average Bonchev–Trinajstić information content (AvgIpc) is 3.25. The first kappa shape index (κ1) is 17.5. The van der Waals surface area contributed by atoms with Crippen molar-refractivity contribution in [3.05, 3.63) is 29.3 Å². The zero-order valence-electron chi connectivity index (χ0n) is 14.3. The van der Waals surface area contributed by atoms with E-state index in [2.05, 4.69) is 53.6 Å². The van der Waals surface area contributed by atoms with Gasteiger partial charge in [-0.05, 0) is 44.1 Å². The van der Waals surface area contributed by atoms with Gasteiger partial charge in [0.2, 0.25) is 0 Å². The summed E-state index contributed by atoms with van der Waals surface area (Å²) in [5.74, 6) is 2.25. The summed E-state index contributed by atoms with van der Waals surface area (Å²) in [5.41, 5.74) is 1.12. The molecule has 0 bridgehead atoms. The Morgan fingerprint density at radius 2 is 2.25 bits per heavy atom. The maximum Gasteiger partial charge on any atom is 0.191 e. The smallest absolute Gasteiger partial charge is 0.191 e. The Morgan fingerprint density at radius 1 is 1.33 bits per heavy atom. The van der Waals surface area contributed by atoms with Crippen LogP contribution in [0.1, 0.15) is 31.2 Å². The van der Waals surface area contributed by atoms with Crippen molar-refractivity contribution >= 4 is 39.3 Å². The van der Waals surface area contributed by atoms with Crippen LogP contribution in [0, 0.1) is 0 Å². The SMILES string of the molecule is CCNC(=NCC1CCCS1)NCCCc1nc2ccccc2s1. The first-order valence-electron chi connectivity index (χ1n) is 8.83. The van der Waals surface area contributed by atoms with E-state index >= 15 is 0 Å². The zero-order valence-corrected chi connectivity index (χ0v) is 15.9. The number of hydrogen-bond acceptors (Lipinski definition) is 4. The Balaban J connectivity index is 1.43. The molecule has 2 N–H and O–H groups in total. The molecule has 1 fully saturated rings. The van der Waals surface area contributed by atoms with E-state index in [1.807, 2.05) is 0 Å². The first-order valence-corrected chi connectivity index (χ1v) is 10.7. The number of para-hydroxylation sites is 1. The topological polar surface area (TPSA) is 49.3 Å². The number of thioether (sulfide) groups is 1. The van der Waals surface area contributed by atoms with E-state index < -0.39 is 0 Å². The number of aryl methyl sites for hydroxylation is 1. The molecule has 0 saturated carbocycles. The summed E-state index contributed by atoms with van der Waals surface area (Å²) in [6, 6.07) is 8.36. The van der Waals surface area contributed by atoms with Gasteiger partial charge >= 0.3 is 0 Å². The lowest BCUT2D eigenvalue weighted by molar-refractivity contribution is 0.732. The van der Waals surface area contributed by atoms with Crippen LogP contribution in [0.15, 0.2) is 29.3 Å². The fraction of sp³-hybridized carbons (Fsp3) is 0.556. The number of aliphatic imine (C=N–C) groups is 1. The molecule has 1 saturated heterocycles. The van der Waals surface area contributed by atoms with Gasteiger partial charge in [0.1, 0.15) is 0 Å². The molecular weight excluding hydrogens is 336 g/mol. The zero-order chi connectivity index (χ0) is 16.6. The van der Waals surface area contributed by atoms with Crippen molar-refractivity contribution in [1.82, 2.24) is 15.6 Å². The number of nitrogens with zero attached hydrogens (tertiary/aromatic N) is 2. The average molecular weight is 363 g/mol. The minimum atomic E-state index is 0.711. The standard InChI is InChI=1S/C18H26N4S2/c1-2-19-18(21-13-14-7-6-12-23-14)20-11-5-10-17-22-15-8-3-4-9-16(15)24-17/h3-4,8-9,14H,2,5-7,10-13H2,1H3,(H2,19,20,21). The second-order valence-corrected chi connectivity index (χ2v) is 8.48. The van der Waals surface area contributed by atoms with Crippen molar-refractivity contribution in [2.75, 3.05) is 25.4 Å². The molecule has 2 heterocycles. The molecule has 1 aromatic carbocycles. The molecule has 130 valence electrons. The molecule has 6 heteroatoms. The van der Waals surface area contributed by atoms with Gasteiger partial charge in [-0.15, -0.1) is 11.3 Å². The summed E-state index contributed by atoms with van der Waals surface area (Å²) in [5, 5.41) is 8.73. The number of benzene rings is 1. The van der Waals surface area contributed by atoms with Crippen LogP contribution < -0.4 is 10.6 Å². The van der Waals surface area contributed by atoms with E-state index in [0.717, 1.165) is 44.0 Å². The molecule has 0 aliphatic carbocycles. The number of hydrogen-bond donors (Lipinski definition) is 2. The van der Waals surface area contributed by atoms with Gasteiger partial charge in [-0.25, -0.2) is 4.98 Å². The molecule has 0 amide bonds. The lowest BCUT2D eigenvalue weighted by Gasteiger charge is -2.12. The highest BCUT2D eigenvalue weighted by molar-refractivity contribution is 8.00. The summed E-state index contributed by atoms with van der Waals surface area (Å²) >= 11 is 3.87. The maximum atomic E-state index is 4.74. The molecule has 2 aromatic rings. The van der Waals surface area contributed by atoms with Crippen LogP contribution >= 0.6 is 23.1 Å². The lowest BCUT2D eigenvalue weighted by atomic mass is 10.2. The molecule has 1 unspecified atom stereocenters. The molecule has 1 atom stereocenters. The van der Waals surface area contributed by atoms with Crippen molar-refractivity contribution in [3.63, 3.8) is 0 Å². The van der Waals surface area contributed by atoms with Crippen LogP contribution in [-0.2, 0) is 6.42 Å². The summed E-state index contributed by atoms with van der Waals surface area (Å²) in [7, 11) is 0. The third-order valence-electron chi connectivity index (χ3n) is 4.02. The monoisotopic (exact) mass is 362 g/mol. The number of guanidine groups is 1. The van der Waals surface area contributed by atoms with Crippen LogP contribution in [-0.4, -0.2) is 41.6 Å². The van der Waals surface area contributed by atoms with E-state index in [1.165, 1.54) is 28.3 Å². The molecular formula is C18H26N4S2. The van der Waals surface area contributed by atoms with E-state index in [-0.39, 0.29) is 0 Å². The van der Waals surface area contributed by atoms with Gasteiger partial charge in [0.05, 0.1) is 21.8 Å². The number of aromatic nitrogens is 1. The highest BCUT2D eigenvalue weighted by Crippen LogP contribution is 2.26. The summed E-state index contributed by atoms with van der Waals surface area (Å²) < 4.78 is 1.28. The second-order valence-electron chi connectivity index (χ2n) is 5.96. The molecule has 4 nitrogen and oxygen atoms in total. The fourth-order valence-electron chi connectivity index (χ4n) is 2.80. The Bertz CT molecular complexity index is 629. The quantitative estimate of drug-likeness (QED) is 0.448. The summed E-state index contributed by atoms with van der Waals surface area (Å²) in [4.78, 5) is 9.43. The van der Waals surface area contributed by atoms with Crippen LogP contribution in [0.5, 0.6) is 0 Å². The van der Waals surface area contributed by atoms with Gasteiger partial charge in [-0.1, -0.05) is 12.1 Å². The highest BCUT2D eigenvalue weighted by Gasteiger charge is 2.14. The van der Waals surface area contributed by atoms with Gasteiger partial charge < -0.3 is 10.6 Å². The van der Waals surface area contributed by atoms with Crippen LogP contribution in [0.3, 0.4) is 0 Å². The number of nitrogens with one attached hydrogen (secondary N) is 2. The minimum absolute atomic E-state index is 0.711. The van der Waals surface area contributed by atoms with Gasteiger partial charge in [0, 0.05) is 24.8 Å². The predicted octanol–water partition coefficient (Wildman–Crippen LogP) is 3.68. The Kier molecular flexibility index (Phi) is 6.78. The summed E-state index contributed by atoms with van der Waals surface area (Å²) in [6.07, 6.45) is 4.74. The van der Waals surface area contributed by atoms with E-state index in [0.29, 0.717) is 5.25 Å². The van der Waals surface area contributed by atoms with Gasteiger partial charge in [-0.3, -0.25) is 4.99 Å². The van der Waals surface area contributed by atoms with Crippen molar-refractivity contribution in [3.8, 4) is 0 Å². The second kappa shape index (κ2) is 9.28. The third kappa shape index (κ3) is 5.11. The van der Waals surface area contributed by atoms with E-state index in [9.17, 15) is 0 Å². The normalized spacial score (nSPS) is 18.2. The van der Waals surface area contributed by atoms with Crippen molar-refractivity contribution in [1.29, 1.82) is 0 Å². The predicted molar refractivity (Wildman–Crippen MR) is 107 cm³/mol. The Labute approximate surface area is 152 Å². The fourth-order valence-corrected chi connectivity index (χ4v) is 4.99. The summed E-state index contributed by atoms with van der Waals surface area (Å²) in [6.45, 7) is 4.88. The molecule has 3 rings (SSSR count). The van der Waals surface area contributed by atoms with Crippen molar-refractivity contribution in [2.24, 2.45) is 4.99 Å². The van der Waals surface area contributed by atoms with E-state index in [1.54, 1.807) is 11.3 Å². The van der Waals surface area contributed by atoms with E-state index in [4.69, 9.17) is 9.98 Å². The molecule has 24 heavy (non-hydrogen) atoms. The third-order valence-corrected chi connectivity index (χ3v) is 6.50. The van der Waals surface area contributed by atoms with Crippen molar-refractivity contribution < 1.29 is 0 Å². The highest BCUT2D eigenvalue weighted by atomic mass is 32.2. The largest absolute Gasteiger partial charge is 0.357 e. The van der Waals surface area contributed by atoms with Crippen LogP contribution in [0.25, 0.3) is 10.2 Å². The Morgan fingerprint density at radius 3 is 3.04 bits per heavy atom. The molecule has 1 aliphatic rings. The van der Waals surface area contributed by atoms with Gasteiger partial charge in [-0.2, -0.15) is 11.8 Å². The van der Waals surface area contributed by atoms with Gasteiger partial charge in [0.25, 0.3) is 0 Å². The lowest BCUT2D eigenvalue weighted by Crippen LogP contribution is -2.38. The maximum absolute atomic E-state index is 4.74. The van der Waals surface area contributed by atoms with Crippen LogP contribution in [0.2, 0.25) is 0 Å². The number of thiazole rings is 1. The first-order chi connectivity index (χ1) is 11.8. The molecule has 0 radical (unpaired) electrons. The van der Waals surface area contributed by atoms with Gasteiger partial charge in [0.15, 0.2) is 5.96 Å². The Hall–Kier alpha value is -1.27. The number of rotatable bonds is 7. The number of fused-ring (bicyclic) bond motifs is 1. The molecule has 1 aromatic heterocycles. The van der Waals surface area contributed by atoms with Crippen molar-refractivity contribution in [2.45, 2.75) is 37.9 Å². The molecule has 0 spiro atoms. The minimum Gasteiger partial charge on any atom is -0.357 e. The molecule has 1 aliphatic heterocycles.